The summed E-state index contributed by atoms with van der Waals surface area (Å²) in [4.78, 5) is 36.1. The van der Waals surface area contributed by atoms with Crippen LogP contribution in [0.4, 0.5) is 0 Å². The molecule has 0 aromatic carbocycles. The molecule has 2 N–H and O–H groups in total. The number of nitrogens with one attached hydrogen (secondary N) is 1. The molecule has 1 fully saturated rings. The third-order valence-corrected chi connectivity index (χ3v) is 3.40. The molecule has 2 amide bonds. The lowest BCUT2D eigenvalue weighted by Gasteiger charge is -2.32. The topological polar surface area (TPSA) is 86.7 Å². The summed E-state index contributed by atoms with van der Waals surface area (Å²) in [7, 11) is 0. The van der Waals surface area contributed by atoms with Gasteiger partial charge >= 0.3 is 5.97 Å². The number of carboxylic acids is 1. The van der Waals surface area contributed by atoms with E-state index in [4.69, 9.17) is 5.11 Å². The number of nitrogens with zero attached hydrogens (tertiary/aromatic N) is 1. The number of hydrogen-bond acceptors (Lipinski definition) is 3. The molecule has 1 aliphatic rings. The quantitative estimate of drug-likeness (QED) is 0.777. The van der Waals surface area contributed by atoms with Crippen LogP contribution in [0.5, 0.6) is 0 Å². The molecule has 0 radical (unpaired) electrons. The predicted molar refractivity (Wildman–Crippen MR) is 69.4 cm³/mol. The summed E-state index contributed by atoms with van der Waals surface area (Å²) in [6.07, 6.45) is 1.19. The summed E-state index contributed by atoms with van der Waals surface area (Å²) in [6, 6.07) is -0.872. The second-order valence-corrected chi connectivity index (χ2v) is 5.32. The number of hydrogen-bond donors (Lipinski definition) is 2. The molecule has 0 saturated carbocycles. The molecule has 0 aromatic rings. The summed E-state index contributed by atoms with van der Waals surface area (Å²) in [5.74, 6) is -1.39. The van der Waals surface area contributed by atoms with Crippen LogP contribution in [-0.4, -0.2) is 46.9 Å². The van der Waals surface area contributed by atoms with Crippen LogP contribution in [0.3, 0.4) is 0 Å². The minimum Gasteiger partial charge on any atom is -0.480 e. The fourth-order valence-corrected chi connectivity index (χ4v) is 2.12. The van der Waals surface area contributed by atoms with Crippen molar-refractivity contribution in [3.8, 4) is 0 Å². The largest absolute Gasteiger partial charge is 0.480 e. The van der Waals surface area contributed by atoms with Gasteiger partial charge in [-0.2, -0.15) is 0 Å². The van der Waals surface area contributed by atoms with Gasteiger partial charge in [-0.1, -0.05) is 13.8 Å². The Kier molecular flexibility index (Phi) is 5.32. The molecule has 0 bridgehead atoms. The smallest absolute Gasteiger partial charge is 0.325 e. The van der Waals surface area contributed by atoms with Crippen molar-refractivity contribution >= 4 is 17.8 Å². The van der Waals surface area contributed by atoms with Gasteiger partial charge in [-0.3, -0.25) is 14.4 Å². The molecule has 0 aromatic heterocycles. The maximum Gasteiger partial charge on any atom is 0.325 e. The Balaban J connectivity index is 2.43. The molecule has 1 aliphatic heterocycles. The van der Waals surface area contributed by atoms with E-state index in [9.17, 15) is 14.4 Å². The average Bonchev–Trinajstić information content (AvgIpc) is 2.37. The Labute approximate surface area is 113 Å². The number of carboxylic acid groups (broad SMARTS) is 1. The first-order chi connectivity index (χ1) is 8.82. The molecule has 19 heavy (non-hydrogen) atoms. The van der Waals surface area contributed by atoms with Crippen LogP contribution in [0.25, 0.3) is 0 Å². The van der Waals surface area contributed by atoms with Crippen LogP contribution < -0.4 is 5.32 Å². The number of piperidine rings is 1. The van der Waals surface area contributed by atoms with E-state index in [1.54, 1.807) is 4.90 Å². The van der Waals surface area contributed by atoms with Crippen molar-refractivity contribution in [2.24, 2.45) is 11.8 Å². The Morgan fingerprint density at radius 1 is 1.16 bits per heavy atom. The van der Waals surface area contributed by atoms with Crippen molar-refractivity contribution in [2.45, 2.75) is 39.7 Å². The van der Waals surface area contributed by atoms with Crippen molar-refractivity contribution < 1.29 is 19.5 Å². The first kappa shape index (κ1) is 15.5. The summed E-state index contributed by atoms with van der Waals surface area (Å²) in [6.45, 7) is 6.29. The van der Waals surface area contributed by atoms with E-state index >= 15 is 0 Å². The fourth-order valence-electron chi connectivity index (χ4n) is 2.12. The standard InChI is InChI=1S/C13H22N2O4/c1-8(2)12(17)15-6-4-10(5-7-15)11(16)14-9(3)13(18)19/h8-10H,4-7H2,1-3H3,(H,14,16)(H,18,19)/t9-/m0/s1. The summed E-state index contributed by atoms with van der Waals surface area (Å²) in [5.41, 5.74) is 0. The van der Waals surface area contributed by atoms with Crippen LogP contribution in [0.15, 0.2) is 0 Å². The zero-order valence-electron chi connectivity index (χ0n) is 11.7. The van der Waals surface area contributed by atoms with Gasteiger partial charge < -0.3 is 15.3 Å². The van der Waals surface area contributed by atoms with Crippen molar-refractivity contribution in [1.82, 2.24) is 10.2 Å². The molecule has 1 heterocycles. The second kappa shape index (κ2) is 6.54. The Morgan fingerprint density at radius 3 is 2.11 bits per heavy atom. The Morgan fingerprint density at radius 2 is 1.68 bits per heavy atom. The van der Waals surface area contributed by atoms with Crippen LogP contribution in [0, 0.1) is 11.8 Å². The number of amides is 2. The van der Waals surface area contributed by atoms with Crippen molar-refractivity contribution in [3.05, 3.63) is 0 Å². The SMILES string of the molecule is CC(C)C(=O)N1CCC(C(=O)N[C@@H](C)C(=O)O)CC1. The number of likely N-dealkylation sites (tertiary alicyclic amines) is 1. The molecule has 0 aliphatic carbocycles. The van der Waals surface area contributed by atoms with E-state index in [1.807, 2.05) is 13.8 Å². The van der Waals surface area contributed by atoms with Crippen LogP contribution in [-0.2, 0) is 14.4 Å². The molecule has 1 saturated heterocycles. The van der Waals surface area contributed by atoms with Crippen molar-refractivity contribution in [3.63, 3.8) is 0 Å². The van der Waals surface area contributed by atoms with Crippen LogP contribution in [0.2, 0.25) is 0 Å². The van der Waals surface area contributed by atoms with Gasteiger partial charge in [0.15, 0.2) is 0 Å². The molecule has 6 nitrogen and oxygen atoms in total. The summed E-state index contributed by atoms with van der Waals surface area (Å²) in [5, 5.41) is 11.2. The molecule has 0 spiro atoms. The molecular weight excluding hydrogens is 248 g/mol. The van der Waals surface area contributed by atoms with Crippen molar-refractivity contribution in [2.75, 3.05) is 13.1 Å². The third-order valence-electron chi connectivity index (χ3n) is 3.40. The van der Waals surface area contributed by atoms with E-state index in [-0.39, 0.29) is 23.7 Å². The molecule has 108 valence electrons. The third kappa shape index (κ3) is 4.22. The zero-order chi connectivity index (χ0) is 14.6. The molecule has 1 atom stereocenters. The fraction of sp³-hybridized carbons (Fsp3) is 0.769. The number of rotatable bonds is 4. The van der Waals surface area contributed by atoms with Crippen LogP contribution >= 0.6 is 0 Å². The lowest BCUT2D eigenvalue weighted by molar-refractivity contribution is -0.142. The highest BCUT2D eigenvalue weighted by Gasteiger charge is 2.29. The normalized spacial score (nSPS) is 18.2. The van der Waals surface area contributed by atoms with Gasteiger partial charge in [-0.15, -0.1) is 0 Å². The number of carbonyl (C=O) groups is 3. The molecule has 0 unspecified atom stereocenters. The Hall–Kier alpha value is -1.59. The highest BCUT2D eigenvalue weighted by atomic mass is 16.4. The summed E-state index contributed by atoms with van der Waals surface area (Å²) >= 11 is 0. The molecular formula is C13H22N2O4. The zero-order valence-corrected chi connectivity index (χ0v) is 11.7. The summed E-state index contributed by atoms with van der Waals surface area (Å²) < 4.78 is 0. The van der Waals surface area contributed by atoms with Gasteiger partial charge in [0, 0.05) is 24.9 Å². The number of carbonyl (C=O) groups excluding carboxylic acids is 2. The minimum atomic E-state index is -1.04. The van der Waals surface area contributed by atoms with Gasteiger partial charge in [-0.25, -0.2) is 0 Å². The highest BCUT2D eigenvalue weighted by Crippen LogP contribution is 2.19. The maximum absolute atomic E-state index is 11.8. The van der Waals surface area contributed by atoms with Gasteiger partial charge in [-0.05, 0) is 19.8 Å². The van der Waals surface area contributed by atoms with E-state index in [0.717, 1.165) is 0 Å². The van der Waals surface area contributed by atoms with Gasteiger partial charge in [0.05, 0.1) is 0 Å². The Bertz CT molecular complexity index is 360. The molecule has 6 heteroatoms. The minimum absolute atomic E-state index is 0.0302. The first-order valence-corrected chi connectivity index (χ1v) is 6.65. The van der Waals surface area contributed by atoms with E-state index in [0.29, 0.717) is 25.9 Å². The van der Waals surface area contributed by atoms with Crippen molar-refractivity contribution in [1.29, 1.82) is 0 Å². The van der Waals surface area contributed by atoms with Crippen LogP contribution in [0.1, 0.15) is 33.6 Å². The van der Waals surface area contributed by atoms with Gasteiger partial charge in [0.2, 0.25) is 11.8 Å². The molecule has 1 rings (SSSR count). The first-order valence-electron chi connectivity index (χ1n) is 6.65. The van der Waals surface area contributed by atoms with E-state index in [2.05, 4.69) is 5.32 Å². The lowest BCUT2D eigenvalue weighted by atomic mass is 9.95. The van der Waals surface area contributed by atoms with Gasteiger partial charge in [0.25, 0.3) is 0 Å². The number of aliphatic carboxylic acids is 1. The second-order valence-electron chi connectivity index (χ2n) is 5.32. The van der Waals surface area contributed by atoms with E-state index in [1.165, 1.54) is 6.92 Å². The average molecular weight is 270 g/mol. The van der Waals surface area contributed by atoms with E-state index < -0.39 is 12.0 Å². The monoisotopic (exact) mass is 270 g/mol. The maximum atomic E-state index is 11.8. The highest BCUT2D eigenvalue weighted by molar-refractivity contribution is 5.85. The van der Waals surface area contributed by atoms with Gasteiger partial charge in [0.1, 0.15) is 6.04 Å². The predicted octanol–water partition coefficient (Wildman–Crippen LogP) is 0.470. The lowest BCUT2D eigenvalue weighted by Crippen LogP contribution is -2.47.